The molecular formula is C22H27NO2. The van der Waals surface area contributed by atoms with E-state index in [0.717, 1.165) is 44.3 Å². The van der Waals surface area contributed by atoms with Gasteiger partial charge in [0.1, 0.15) is 0 Å². The van der Waals surface area contributed by atoms with Crippen molar-refractivity contribution in [1.82, 2.24) is 4.90 Å². The Morgan fingerprint density at radius 1 is 1.20 bits per heavy atom. The summed E-state index contributed by atoms with van der Waals surface area (Å²) in [6.45, 7) is 3.61. The summed E-state index contributed by atoms with van der Waals surface area (Å²) >= 11 is 0. The summed E-state index contributed by atoms with van der Waals surface area (Å²) in [5.74, 6) is 0.925. The SMILES string of the molecule is CC[C@@]1(O)CCC[C@@H]2CN(C(=O)Cc3ccc4ccccc4c3)C[C@@H]21. The smallest absolute Gasteiger partial charge is 0.227 e. The van der Waals surface area contributed by atoms with Gasteiger partial charge in [-0.25, -0.2) is 0 Å². The van der Waals surface area contributed by atoms with Gasteiger partial charge in [-0.3, -0.25) is 4.79 Å². The lowest BCUT2D eigenvalue weighted by molar-refractivity contribution is -0.130. The van der Waals surface area contributed by atoms with Gasteiger partial charge in [-0.15, -0.1) is 0 Å². The molecule has 1 saturated carbocycles. The molecule has 2 fully saturated rings. The standard InChI is InChI=1S/C22H27NO2/c1-2-22(25)11-5-8-19-14-23(15-20(19)22)21(24)13-16-9-10-17-6-3-4-7-18(17)12-16/h3-4,6-7,9-10,12,19-20,25H,2,5,8,11,13-15H2,1H3/t19-,20+,22-/m1/s1. The Balaban J connectivity index is 1.48. The van der Waals surface area contributed by atoms with Crippen LogP contribution in [0.5, 0.6) is 0 Å². The van der Waals surface area contributed by atoms with Gasteiger partial charge in [0.25, 0.3) is 0 Å². The number of carbonyl (C=O) groups excluding carboxylic acids is 1. The summed E-state index contributed by atoms with van der Waals surface area (Å²) in [5.41, 5.74) is 0.505. The topological polar surface area (TPSA) is 40.5 Å². The van der Waals surface area contributed by atoms with Crippen LogP contribution in [0.25, 0.3) is 10.8 Å². The summed E-state index contributed by atoms with van der Waals surface area (Å²) in [4.78, 5) is 14.8. The Morgan fingerprint density at radius 3 is 2.80 bits per heavy atom. The second kappa shape index (κ2) is 6.45. The normalized spacial score (nSPS) is 29.0. The molecule has 1 N–H and O–H groups in total. The van der Waals surface area contributed by atoms with Crippen molar-refractivity contribution in [2.75, 3.05) is 13.1 Å². The summed E-state index contributed by atoms with van der Waals surface area (Å²) in [5, 5.41) is 13.3. The molecule has 3 atom stereocenters. The van der Waals surface area contributed by atoms with E-state index in [1.165, 1.54) is 10.8 Å². The maximum absolute atomic E-state index is 12.8. The molecule has 2 aliphatic rings. The van der Waals surface area contributed by atoms with Crippen LogP contribution in [0.15, 0.2) is 42.5 Å². The third kappa shape index (κ3) is 3.06. The number of benzene rings is 2. The predicted molar refractivity (Wildman–Crippen MR) is 100 cm³/mol. The first-order valence-electron chi connectivity index (χ1n) is 9.57. The average Bonchev–Trinajstić information content (AvgIpc) is 3.08. The molecule has 0 radical (unpaired) electrons. The van der Waals surface area contributed by atoms with Gasteiger partial charge < -0.3 is 10.0 Å². The predicted octanol–water partition coefficient (Wildman–Crippen LogP) is 3.78. The number of nitrogens with zero attached hydrogens (tertiary/aromatic N) is 1. The molecule has 1 heterocycles. The van der Waals surface area contributed by atoms with E-state index >= 15 is 0 Å². The average molecular weight is 337 g/mol. The van der Waals surface area contributed by atoms with E-state index in [2.05, 4.69) is 37.3 Å². The minimum Gasteiger partial charge on any atom is -0.390 e. The van der Waals surface area contributed by atoms with Crippen LogP contribution in [0, 0.1) is 11.8 Å². The molecule has 0 aromatic heterocycles. The molecule has 1 aliphatic carbocycles. The van der Waals surface area contributed by atoms with Gasteiger partial charge in [0.05, 0.1) is 12.0 Å². The monoisotopic (exact) mass is 337 g/mol. The van der Waals surface area contributed by atoms with Gasteiger partial charge in [-0.2, -0.15) is 0 Å². The fourth-order valence-corrected chi connectivity index (χ4v) is 4.91. The molecule has 1 aliphatic heterocycles. The highest BCUT2D eigenvalue weighted by molar-refractivity contribution is 5.85. The number of fused-ring (bicyclic) bond motifs is 2. The van der Waals surface area contributed by atoms with Crippen molar-refractivity contribution in [2.24, 2.45) is 11.8 Å². The minimum atomic E-state index is -0.569. The van der Waals surface area contributed by atoms with Crippen molar-refractivity contribution >= 4 is 16.7 Å². The Kier molecular flexibility index (Phi) is 4.28. The van der Waals surface area contributed by atoms with E-state index in [1.807, 2.05) is 17.0 Å². The molecule has 1 amide bonds. The van der Waals surface area contributed by atoms with Crippen LogP contribution < -0.4 is 0 Å². The molecule has 3 heteroatoms. The van der Waals surface area contributed by atoms with E-state index in [0.29, 0.717) is 12.3 Å². The summed E-state index contributed by atoms with van der Waals surface area (Å²) < 4.78 is 0. The lowest BCUT2D eigenvalue weighted by Crippen LogP contribution is -2.44. The van der Waals surface area contributed by atoms with Crippen LogP contribution in [-0.4, -0.2) is 34.6 Å². The van der Waals surface area contributed by atoms with Gasteiger partial charge in [-0.05, 0) is 41.5 Å². The molecule has 0 unspecified atom stereocenters. The Labute approximate surface area is 149 Å². The molecule has 0 bridgehead atoms. The van der Waals surface area contributed by atoms with Crippen molar-refractivity contribution in [3.05, 3.63) is 48.0 Å². The highest BCUT2D eigenvalue weighted by Gasteiger charge is 2.48. The zero-order chi connectivity index (χ0) is 17.4. The molecular weight excluding hydrogens is 310 g/mol. The highest BCUT2D eigenvalue weighted by Crippen LogP contribution is 2.44. The van der Waals surface area contributed by atoms with Crippen LogP contribution in [0.4, 0.5) is 0 Å². The number of likely N-dealkylation sites (tertiary alicyclic amines) is 1. The van der Waals surface area contributed by atoms with E-state index < -0.39 is 5.60 Å². The number of aliphatic hydroxyl groups is 1. The Morgan fingerprint density at radius 2 is 2.00 bits per heavy atom. The Hall–Kier alpha value is -1.87. The van der Waals surface area contributed by atoms with Crippen LogP contribution in [0.2, 0.25) is 0 Å². The molecule has 1 saturated heterocycles. The minimum absolute atomic E-state index is 0.197. The zero-order valence-corrected chi connectivity index (χ0v) is 14.9. The van der Waals surface area contributed by atoms with Crippen molar-refractivity contribution in [1.29, 1.82) is 0 Å². The molecule has 132 valence electrons. The second-order valence-electron chi connectivity index (χ2n) is 7.87. The number of carbonyl (C=O) groups is 1. The molecule has 2 aromatic rings. The third-order valence-electron chi connectivity index (χ3n) is 6.45. The largest absolute Gasteiger partial charge is 0.390 e. The summed E-state index contributed by atoms with van der Waals surface area (Å²) in [7, 11) is 0. The number of amides is 1. The molecule has 2 aromatic carbocycles. The van der Waals surface area contributed by atoms with Crippen molar-refractivity contribution in [3.63, 3.8) is 0 Å². The van der Waals surface area contributed by atoms with Crippen LogP contribution in [-0.2, 0) is 11.2 Å². The van der Waals surface area contributed by atoms with Crippen LogP contribution in [0.1, 0.15) is 38.2 Å². The lowest BCUT2D eigenvalue weighted by atomic mass is 9.69. The highest BCUT2D eigenvalue weighted by atomic mass is 16.3. The maximum Gasteiger partial charge on any atom is 0.227 e. The fraction of sp³-hybridized carbons (Fsp3) is 0.500. The van der Waals surface area contributed by atoms with Gasteiger partial charge >= 0.3 is 0 Å². The molecule has 4 rings (SSSR count). The van der Waals surface area contributed by atoms with E-state index in [-0.39, 0.29) is 11.8 Å². The van der Waals surface area contributed by atoms with Crippen molar-refractivity contribution in [3.8, 4) is 0 Å². The summed E-state index contributed by atoms with van der Waals surface area (Å²) in [6, 6.07) is 14.5. The van der Waals surface area contributed by atoms with Crippen LogP contribution in [0.3, 0.4) is 0 Å². The van der Waals surface area contributed by atoms with Gasteiger partial charge in [0.2, 0.25) is 5.91 Å². The van der Waals surface area contributed by atoms with E-state index in [4.69, 9.17) is 0 Å². The maximum atomic E-state index is 12.8. The van der Waals surface area contributed by atoms with E-state index in [1.54, 1.807) is 0 Å². The number of hydrogen-bond acceptors (Lipinski definition) is 2. The zero-order valence-electron chi connectivity index (χ0n) is 14.9. The summed E-state index contributed by atoms with van der Waals surface area (Å²) in [6.07, 6.45) is 4.36. The van der Waals surface area contributed by atoms with Gasteiger partial charge in [0, 0.05) is 19.0 Å². The Bertz CT molecular complexity index is 786. The number of rotatable bonds is 3. The molecule has 3 nitrogen and oxygen atoms in total. The first-order valence-corrected chi connectivity index (χ1v) is 9.57. The van der Waals surface area contributed by atoms with Gasteiger partial charge in [0.15, 0.2) is 0 Å². The quantitative estimate of drug-likeness (QED) is 0.926. The van der Waals surface area contributed by atoms with E-state index in [9.17, 15) is 9.90 Å². The molecule has 0 spiro atoms. The second-order valence-corrected chi connectivity index (χ2v) is 7.87. The third-order valence-corrected chi connectivity index (χ3v) is 6.45. The lowest BCUT2D eigenvalue weighted by Gasteiger charge is -2.40. The molecule has 25 heavy (non-hydrogen) atoms. The first-order chi connectivity index (χ1) is 12.1. The number of hydrogen-bond donors (Lipinski definition) is 1. The van der Waals surface area contributed by atoms with Crippen LogP contribution >= 0.6 is 0 Å². The van der Waals surface area contributed by atoms with Gasteiger partial charge in [-0.1, -0.05) is 55.8 Å². The van der Waals surface area contributed by atoms with Crippen molar-refractivity contribution < 1.29 is 9.90 Å². The van der Waals surface area contributed by atoms with Crippen molar-refractivity contribution in [2.45, 2.75) is 44.6 Å². The fourth-order valence-electron chi connectivity index (χ4n) is 4.91. The first kappa shape index (κ1) is 16.6.